The monoisotopic (exact) mass is 403 g/mol. The van der Waals surface area contributed by atoms with Crippen LogP contribution >= 0.6 is 0 Å². The van der Waals surface area contributed by atoms with E-state index in [0.29, 0.717) is 28.5 Å². The number of fused-ring (bicyclic) bond motifs is 1. The SMILES string of the molecule is O=C(O)c1cccc(-c2cccc(CC(=O)C3(c4ccc5c(c4)OCO5)CC3)n2)c1.[HH]. The highest BCUT2D eigenvalue weighted by Crippen LogP contribution is 2.51. The second kappa shape index (κ2) is 6.99. The minimum absolute atomic E-state index is 0. The summed E-state index contributed by atoms with van der Waals surface area (Å²) in [7, 11) is 0. The molecule has 5 rings (SSSR count). The van der Waals surface area contributed by atoms with Gasteiger partial charge in [-0.25, -0.2) is 4.79 Å². The second-order valence-electron chi connectivity index (χ2n) is 7.65. The van der Waals surface area contributed by atoms with E-state index in [2.05, 4.69) is 4.98 Å². The van der Waals surface area contributed by atoms with Crippen molar-refractivity contribution in [1.29, 1.82) is 0 Å². The maximum Gasteiger partial charge on any atom is 0.335 e. The standard InChI is InChI=1S/C24H19NO5.H2/c26-22(24(9-10-24)17-7-8-20-21(12-17)30-14-29-20)13-18-5-2-6-19(25-18)15-3-1-4-16(11-15)23(27)28;/h1-8,11-12H,9-10,13-14H2,(H,27,28);1H. The molecule has 2 aromatic carbocycles. The van der Waals surface area contributed by atoms with E-state index in [9.17, 15) is 14.7 Å². The van der Waals surface area contributed by atoms with Crippen LogP contribution in [0.1, 0.15) is 35.9 Å². The first-order valence-corrected chi connectivity index (χ1v) is 9.78. The number of hydrogen-bond acceptors (Lipinski definition) is 5. The molecule has 1 aliphatic carbocycles. The molecule has 3 aromatic rings. The third-order valence-electron chi connectivity index (χ3n) is 5.76. The van der Waals surface area contributed by atoms with Crippen LogP contribution in [0.2, 0.25) is 0 Å². The van der Waals surface area contributed by atoms with Crippen LogP contribution in [0.25, 0.3) is 11.3 Å². The summed E-state index contributed by atoms with van der Waals surface area (Å²) in [5.74, 6) is 0.540. The molecule has 1 fully saturated rings. The molecule has 0 saturated heterocycles. The van der Waals surface area contributed by atoms with Crippen molar-refractivity contribution in [1.82, 2.24) is 4.98 Å². The summed E-state index contributed by atoms with van der Waals surface area (Å²) in [5.41, 5.74) is 2.71. The molecular formula is C24H21NO5. The van der Waals surface area contributed by atoms with Crippen molar-refractivity contribution in [2.45, 2.75) is 24.7 Å². The highest BCUT2D eigenvalue weighted by Gasteiger charge is 2.50. The quantitative estimate of drug-likeness (QED) is 0.662. The summed E-state index contributed by atoms with van der Waals surface area (Å²) in [6, 6.07) is 17.9. The maximum absolute atomic E-state index is 13.2. The average molecular weight is 403 g/mol. The lowest BCUT2D eigenvalue weighted by molar-refractivity contribution is -0.120. The fraction of sp³-hybridized carbons (Fsp3) is 0.208. The van der Waals surface area contributed by atoms with Crippen LogP contribution in [0.5, 0.6) is 11.5 Å². The molecule has 152 valence electrons. The molecule has 30 heavy (non-hydrogen) atoms. The van der Waals surface area contributed by atoms with Gasteiger partial charge >= 0.3 is 5.97 Å². The molecule has 2 aliphatic rings. The lowest BCUT2D eigenvalue weighted by atomic mass is 9.88. The first-order valence-electron chi connectivity index (χ1n) is 9.78. The zero-order chi connectivity index (χ0) is 20.7. The Morgan fingerprint density at radius 3 is 2.60 bits per heavy atom. The zero-order valence-electron chi connectivity index (χ0n) is 16.1. The summed E-state index contributed by atoms with van der Waals surface area (Å²) in [6.45, 7) is 0.208. The number of carboxylic acid groups (broad SMARTS) is 1. The van der Waals surface area contributed by atoms with Gasteiger partial charge in [-0.1, -0.05) is 24.3 Å². The molecule has 1 aliphatic heterocycles. The van der Waals surface area contributed by atoms with E-state index >= 15 is 0 Å². The Labute approximate surface area is 174 Å². The van der Waals surface area contributed by atoms with Gasteiger partial charge < -0.3 is 14.6 Å². The van der Waals surface area contributed by atoms with E-state index < -0.39 is 11.4 Å². The summed E-state index contributed by atoms with van der Waals surface area (Å²) in [6.07, 6.45) is 1.85. The fourth-order valence-electron chi connectivity index (χ4n) is 3.93. The first kappa shape index (κ1) is 18.4. The van der Waals surface area contributed by atoms with Gasteiger partial charge in [0, 0.05) is 19.1 Å². The highest BCUT2D eigenvalue weighted by molar-refractivity contribution is 5.94. The Morgan fingerprint density at radius 1 is 1.00 bits per heavy atom. The fourth-order valence-corrected chi connectivity index (χ4v) is 3.93. The number of benzene rings is 2. The van der Waals surface area contributed by atoms with Gasteiger partial charge in [-0.2, -0.15) is 0 Å². The van der Waals surface area contributed by atoms with Gasteiger partial charge in [0.05, 0.1) is 16.7 Å². The molecule has 1 aromatic heterocycles. The van der Waals surface area contributed by atoms with Crippen LogP contribution in [-0.4, -0.2) is 28.6 Å². The summed E-state index contributed by atoms with van der Waals surface area (Å²) >= 11 is 0. The van der Waals surface area contributed by atoms with Crippen molar-refractivity contribution in [2.24, 2.45) is 0 Å². The molecule has 0 radical (unpaired) electrons. The second-order valence-corrected chi connectivity index (χ2v) is 7.65. The molecule has 0 bridgehead atoms. The maximum atomic E-state index is 13.2. The molecule has 6 heteroatoms. The Balaban J connectivity index is 0.00000231. The van der Waals surface area contributed by atoms with E-state index in [1.54, 1.807) is 18.2 Å². The molecule has 0 spiro atoms. The third-order valence-corrected chi connectivity index (χ3v) is 5.76. The number of carbonyl (C=O) groups excluding carboxylic acids is 1. The molecule has 1 N–H and O–H groups in total. The Kier molecular flexibility index (Phi) is 4.28. The van der Waals surface area contributed by atoms with E-state index in [1.807, 2.05) is 42.5 Å². The van der Waals surface area contributed by atoms with Gasteiger partial charge in [0.25, 0.3) is 0 Å². The molecular weight excluding hydrogens is 382 g/mol. The minimum Gasteiger partial charge on any atom is -0.478 e. The van der Waals surface area contributed by atoms with E-state index in [1.165, 1.54) is 0 Å². The Hall–Kier alpha value is -3.67. The number of ketones is 1. The number of rotatable bonds is 6. The van der Waals surface area contributed by atoms with E-state index in [0.717, 1.165) is 18.4 Å². The van der Waals surface area contributed by atoms with Crippen LogP contribution in [0.4, 0.5) is 0 Å². The van der Waals surface area contributed by atoms with Crippen molar-refractivity contribution in [3.05, 3.63) is 77.5 Å². The number of carbonyl (C=O) groups is 2. The summed E-state index contributed by atoms with van der Waals surface area (Å²) < 4.78 is 10.8. The number of pyridine rings is 1. The summed E-state index contributed by atoms with van der Waals surface area (Å²) in [4.78, 5) is 29.1. The Bertz CT molecular complexity index is 1170. The molecule has 2 heterocycles. The highest BCUT2D eigenvalue weighted by atomic mass is 16.7. The number of aromatic carboxylic acids is 1. The van der Waals surface area contributed by atoms with Crippen LogP contribution in [0.15, 0.2) is 60.7 Å². The number of Topliss-reactive ketones (excluding diaryl/α,β-unsaturated/α-hetero) is 1. The van der Waals surface area contributed by atoms with Crippen LogP contribution in [0, 0.1) is 0 Å². The lowest BCUT2D eigenvalue weighted by Gasteiger charge is -2.15. The van der Waals surface area contributed by atoms with Crippen molar-refractivity contribution in [3.8, 4) is 22.8 Å². The van der Waals surface area contributed by atoms with Crippen molar-refractivity contribution in [3.63, 3.8) is 0 Å². The van der Waals surface area contributed by atoms with Crippen LogP contribution < -0.4 is 9.47 Å². The molecule has 6 nitrogen and oxygen atoms in total. The predicted molar refractivity (Wildman–Crippen MR) is 111 cm³/mol. The lowest BCUT2D eigenvalue weighted by Crippen LogP contribution is -2.23. The van der Waals surface area contributed by atoms with Crippen LogP contribution in [-0.2, 0) is 16.6 Å². The summed E-state index contributed by atoms with van der Waals surface area (Å²) in [5, 5.41) is 9.21. The van der Waals surface area contributed by atoms with Gasteiger partial charge in [0.2, 0.25) is 6.79 Å². The van der Waals surface area contributed by atoms with Gasteiger partial charge in [-0.05, 0) is 54.8 Å². The van der Waals surface area contributed by atoms with Gasteiger partial charge in [0.1, 0.15) is 5.78 Å². The normalized spacial score (nSPS) is 15.6. The van der Waals surface area contributed by atoms with Gasteiger partial charge in [0.15, 0.2) is 11.5 Å². The Morgan fingerprint density at radius 2 is 1.80 bits per heavy atom. The number of carboxylic acids is 1. The number of aromatic nitrogens is 1. The van der Waals surface area contributed by atoms with Gasteiger partial charge in [-0.15, -0.1) is 0 Å². The smallest absolute Gasteiger partial charge is 0.335 e. The largest absolute Gasteiger partial charge is 0.478 e. The van der Waals surface area contributed by atoms with Crippen molar-refractivity contribution >= 4 is 11.8 Å². The van der Waals surface area contributed by atoms with Crippen LogP contribution in [0.3, 0.4) is 0 Å². The van der Waals surface area contributed by atoms with Crippen molar-refractivity contribution in [2.75, 3.05) is 6.79 Å². The third kappa shape index (κ3) is 3.20. The van der Waals surface area contributed by atoms with E-state index in [-0.39, 0.29) is 26.0 Å². The predicted octanol–water partition coefficient (Wildman–Crippen LogP) is 4.26. The number of hydrogen-bond donors (Lipinski definition) is 1. The van der Waals surface area contributed by atoms with Gasteiger partial charge in [-0.3, -0.25) is 9.78 Å². The zero-order valence-corrected chi connectivity index (χ0v) is 16.1. The topological polar surface area (TPSA) is 85.7 Å². The number of ether oxygens (including phenoxy) is 2. The first-order chi connectivity index (χ1) is 14.5. The molecule has 1 saturated carbocycles. The number of nitrogens with zero attached hydrogens (tertiary/aromatic N) is 1. The van der Waals surface area contributed by atoms with Crippen molar-refractivity contribution < 1.29 is 25.6 Å². The average Bonchev–Trinajstić information content (AvgIpc) is 3.45. The van der Waals surface area contributed by atoms with E-state index in [4.69, 9.17) is 9.47 Å². The molecule has 0 atom stereocenters. The molecule has 0 unspecified atom stereocenters. The minimum atomic E-state index is -0.984. The molecule has 0 amide bonds.